The summed E-state index contributed by atoms with van der Waals surface area (Å²) in [6.07, 6.45) is 1.59. The third-order valence-corrected chi connectivity index (χ3v) is 8.34. The maximum atomic E-state index is 11.9. The molecule has 111 valence electrons. The molecule has 5 nitrogen and oxygen atoms in total. The molecule has 0 atom stereocenters. The normalized spacial score (nSPS) is 12.4. The van der Waals surface area contributed by atoms with Crippen molar-refractivity contribution in [3.8, 4) is 0 Å². The van der Waals surface area contributed by atoms with Crippen molar-refractivity contribution in [3.05, 3.63) is 34.2 Å². The fraction of sp³-hybridized carbons (Fsp3) is 0.571. The monoisotopic (exact) mass is 295 g/mol. The molecule has 0 saturated heterocycles. The summed E-state index contributed by atoms with van der Waals surface area (Å²) in [5.41, 5.74) is 4.60. The van der Waals surface area contributed by atoms with Gasteiger partial charge >= 0.3 is 0 Å². The second-order valence-corrected chi connectivity index (χ2v) is 11.1. The predicted molar refractivity (Wildman–Crippen MR) is 81.2 cm³/mol. The third-order valence-electron chi connectivity index (χ3n) is 3.80. The van der Waals surface area contributed by atoms with Gasteiger partial charge in [-0.2, -0.15) is 0 Å². The summed E-state index contributed by atoms with van der Waals surface area (Å²) in [4.78, 5) is 23.0. The zero-order chi connectivity index (χ0) is 15.6. The number of aromatic nitrogens is 1. The zero-order valence-corrected chi connectivity index (χ0v) is 13.8. The Hall–Kier alpha value is -1.40. The van der Waals surface area contributed by atoms with Crippen molar-refractivity contribution in [1.29, 1.82) is 0 Å². The van der Waals surface area contributed by atoms with Crippen LogP contribution in [-0.4, -0.2) is 25.4 Å². The molecule has 0 aliphatic rings. The van der Waals surface area contributed by atoms with Crippen molar-refractivity contribution in [2.45, 2.75) is 45.4 Å². The minimum absolute atomic E-state index is 0.111. The Labute approximate surface area is 120 Å². The maximum Gasteiger partial charge on any atom is 0.264 e. The van der Waals surface area contributed by atoms with E-state index in [9.17, 15) is 9.59 Å². The lowest BCUT2D eigenvalue weighted by Gasteiger charge is -2.36. The van der Waals surface area contributed by atoms with E-state index in [1.54, 1.807) is 6.20 Å². The molecule has 0 unspecified atom stereocenters. The van der Waals surface area contributed by atoms with E-state index in [1.807, 2.05) is 0 Å². The standard InChI is InChI=1S/C14H23N2O3Si/c1-14(2,3)20(4,5)19-10-9-16-8-6-7-11(12(15)17)13(16)18/h6,8H,9-10H2,1-5H3,(H2,15,17). The number of pyridine rings is 1. The van der Waals surface area contributed by atoms with Crippen LogP contribution >= 0.6 is 0 Å². The van der Waals surface area contributed by atoms with Crippen molar-refractivity contribution in [2.75, 3.05) is 6.61 Å². The molecule has 1 rings (SSSR count). The van der Waals surface area contributed by atoms with Gasteiger partial charge in [-0.3, -0.25) is 9.59 Å². The minimum atomic E-state index is -1.83. The average molecular weight is 295 g/mol. The SMILES string of the molecule is CC(C)(C)[Si](C)(C)OCCn1cc[c]c(C(N)=O)c1=O. The van der Waals surface area contributed by atoms with Crippen molar-refractivity contribution >= 4 is 14.2 Å². The largest absolute Gasteiger partial charge is 0.415 e. The van der Waals surface area contributed by atoms with E-state index < -0.39 is 19.8 Å². The molecule has 1 heterocycles. The summed E-state index contributed by atoms with van der Waals surface area (Å²) < 4.78 is 7.44. The van der Waals surface area contributed by atoms with Crippen molar-refractivity contribution in [2.24, 2.45) is 5.73 Å². The van der Waals surface area contributed by atoms with Crippen LogP contribution in [0.2, 0.25) is 18.1 Å². The molecule has 0 fully saturated rings. The zero-order valence-electron chi connectivity index (χ0n) is 12.8. The highest BCUT2D eigenvalue weighted by atomic mass is 28.4. The summed E-state index contributed by atoms with van der Waals surface area (Å²) in [6, 6.07) is 4.09. The molecule has 0 aliphatic heterocycles. The Bertz CT molecular complexity index is 544. The van der Waals surface area contributed by atoms with E-state index in [1.165, 1.54) is 10.6 Å². The number of hydrogen-bond acceptors (Lipinski definition) is 3. The van der Waals surface area contributed by atoms with Crippen molar-refractivity contribution < 1.29 is 9.22 Å². The van der Waals surface area contributed by atoms with Crippen molar-refractivity contribution in [3.63, 3.8) is 0 Å². The minimum Gasteiger partial charge on any atom is -0.415 e. The van der Waals surface area contributed by atoms with E-state index in [0.29, 0.717) is 13.2 Å². The van der Waals surface area contributed by atoms with Crippen LogP contribution in [0.4, 0.5) is 0 Å². The summed E-state index contributed by atoms with van der Waals surface area (Å²) >= 11 is 0. The van der Waals surface area contributed by atoms with E-state index >= 15 is 0 Å². The quantitative estimate of drug-likeness (QED) is 0.841. The van der Waals surface area contributed by atoms with E-state index in [2.05, 4.69) is 39.9 Å². The molecular formula is C14H23N2O3Si. The number of nitrogens with zero attached hydrogens (tertiary/aromatic N) is 1. The topological polar surface area (TPSA) is 74.3 Å². The summed E-state index contributed by atoms with van der Waals surface area (Å²) in [5.74, 6) is -0.755. The highest BCUT2D eigenvalue weighted by molar-refractivity contribution is 6.74. The Kier molecular flexibility index (Phi) is 4.93. The van der Waals surface area contributed by atoms with Gasteiger partial charge in [-0.05, 0) is 24.2 Å². The average Bonchev–Trinajstić information content (AvgIpc) is 2.29. The van der Waals surface area contributed by atoms with Gasteiger partial charge in [0.25, 0.3) is 11.5 Å². The molecule has 1 amide bonds. The summed E-state index contributed by atoms with van der Waals surface area (Å²) in [5, 5.41) is 0.126. The molecule has 0 bridgehead atoms. The van der Waals surface area contributed by atoms with Crippen LogP contribution in [-0.2, 0) is 11.0 Å². The maximum absolute atomic E-state index is 11.9. The van der Waals surface area contributed by atoms with Crippen molar-refractivity contribution in [1.82, 2.24) is 4.57 Å². The highest BCUT2D eigenvalue weighted by Gasteiger charge is 2.36. The first-order chi connectivity index (χ1) is 9.06. The van der Waals surface area contributed by atoms with Gasteiger partial charge in [0.15, 0.2) is 8.32 Å². The first kappa shape index (κ1) is 16.7. The molecule has 2 N–H and O–H groups in total. The Balaban J connectivity index is 2.76. The lowest BCUT2D eigenvalue weighted by molar-refractivity contribution is 0.0997. The van der Waals surface area contributed by atoms with E-state index in [-0.39, 0.29) is 10.6 Å². The second kappa shape index (κ2) is 5.93. The van der Waals surface area contributed by atoms with E-state index in [4.69, 9.17) is 10.2 Å². The number of nitrogens with two attached hydrogens (primary N) is 1. The van der Waals surface area contributed by atoms with Crippen LogP contribution in [0.3, 0.4) is 0 Å². The number of amides is 1. The van der Waals surface area contributed by atoms with Crippen LogP contribution in [0.15, 0.2) is 17.1 Å². The van der Waals surface area contributed by atoms with E-state index in [0.717, 1.165) is 0 Å². The molecule has 0 aliphatic carbocycles. The van der Waals surface area contributed by atoms with Gasteiger partial charge in [0.1, 0.15) is 5.56 Å². The molecule has 1 radical (unpaired) electrons. The molecule has 0 aromatic carbocycles. The molecule has 6 heteroatoms. The van der Waals surface area contributed by atoms with Gasteiger partial charge in [-0.1, -0.05) is 20.8 Å². The first-order valence-electron chi connectivity index (χ1n) is 6.61. The van der Waals surface area contributed by atoms with Gasteiger partial charge in [0, 0.05) is 18.8 Å². The molecular weight excluding hydrogens is 272 g/mol. The summed E-state index contributed by atoms with van der Waals surface area (Å²) in [6.45, 7) is 11.6. The molecule has 1 aromatic heterocycles. The second-order valence-electron chi connectivity index (χ2n) is 6.31. The smallest absolute Gasteiger partial charge is 0.264 e. The molecule has 0 spiro atoms. The lowest BCUT2D eigenvalue weighted by Crippen LogP contribution is -2.42. The van der Waals surface area contributed by atoms with Gasteiger partial charge < -0.3 is 14.7 Å². The fourth-order valence-electron chi connectivity index (χ4n) is 1.45. The van der Waals surface area contributed by atoms with Crippen LogP contribution in [0.25, 0.3) is 0 Å². The lowest BCUT2D eigenvalue weighted by atomic mass is 10.2. The molecule has 20 heavy (non-hydrogen) atoms. The third kappa shape index (κ3) is 3.80. The van der Waals surface area contributed by atoms with Crippen LogP contribution in [0, 0.1) is 6.07 Å². The van der Waals surface area contributed by atoms with Gasteiger partial charge in [-0.25, -0.2) is 0 Å². The number of rotatable bonds is 5. The molecule has 1 aromatic rings. The number of carbonyl (C=O) groups excluding carboxylic acids is 1. The number of hydrogen-bond donors (Lipinski definition) is 1. The Morgan fingerprint density at radius 3 is 2.55 bits per heavy atom. The van der Waals surface area contributed by atoms with Gasteiger partial charge in [-0.15, -0.1) is 0 Å². The number of primary amides is 1. The van der Waals surface area contributed by atoms with Gasteiger partial charge in [0.05, 0.1) is 6.61 Å². The van der Waals surface area contributed by atoms with Crippen LogP contribution < -0.4 is 11.3 Å². The molecule has 0 saturated carbocycles. The Morgan fingerprint density at radius 1 is 1.45 bits per heavy atom. The van der Waals surface area contributed by atoms with Crippen LogP contribution in [0.1, 0.15) is 31.1 Å². The first-order valence-corrected chi connectivity index (χ1v) is 9.52. The highest BCUT2D eigenvalue weighted by Crippen LogP contribution is 2.36. The summed E-state index contributed by atoms with van der Waals surface area (Å²) in [7, 11) is -1.83. The fourth-order valence-corrected chi connectivity index (χ4v) is 2.49. The van der Waals surface area contributed by atoms with Gasteiger partial charge in [0.2, 0.25) is 0 Å². The van der Waals surface area contributed by atoms with Crippen LogP contribution in [0.5, 0.6) is 0 Å². The number of carbonyl (C=O) groups is 1. The Morgan fingerprint density at radius 2 is 2.05 bits per heavy atom. The predicted octanol–water partition coefficient (Wildman–Crippen LogP) is 1.77.